The van der Waals surface area contributed by atoms with E-state index in [2.05, 4.69) is 10.4 Å². The quantitative estimate of drug-likeness (QED) is 0.717. The van der Waals surface area contributed by atoms with Gasteiger partial charge in [-0.1, -0.05) is 0 Å². The second kappa shape index (κ2) is 4.65. The predicted octanol–water partition coefficient (Wildman–Crippen LogP) is -0.850. The van der Waals surface area contributed by atoms with Crippen LogP contribution in [0.1, 0.15) is 16.8 Å². The molecule has 3 rings (SSSR count). The van der Waals surface area contributed by atoms with Crippen molar-refractivity contribution in [2.24, 2.45) is 7.05 Å². The Hall–Kier alpha value is -1.89. The number of amides is 2. The average Bonchev–Trinajstić information content (AvgIpc) is 2.83. The summed E-state index contributed by atoms with van der Waals surface area (Å²) in [6, 6.07) is -0.101. The molecule has 19 heavy (non-hydrogen) atoms. The number of carbonyl (C=O) groups is 2. The molecule has 2 atom stereocenters. The molecule has 0 bridgehead atoms. The average molecular weight is 264 g/mol. The van der Waals surface area contributed by atoms with Gasteiger partial charge in [-0.05, 0) is 6.42 Å². The summed E-state index contributed by atoms with van der Waals surface area (Å²) in [4.78, 5) is 25.3. The number of piperidine rings is 1. The summed E-state index contributed by atoms with van der Waals surface area (Å²) in [5.41, 5.74) is 0.573. The van der Waals surface area contributed by atoms with Crippen molar-refractivity contribution >= 4 is 11.8 Å². The molecule has 2 aliphatic heterocycles. The minimum Gasteiger partial charge on any atom is -0.366 e. The molecular weight excluding hydrogens is 248 g/mol. The van der Waals surface area contributed by atoms with Gasteiger partial charge >= 0.3 is 0 Å². The molecule has 2 amide bonds. The van der Waals surface area contributed by atoms with Crippen molar-refractivity contribution in [1.82, 2.24) is 20.0 Å². The molecule has 7 heteroatoms. The fourth-order valence-corrected chi connectivity index (χ4v) is 2.60. The Balaban J connectivity index is 1.70. The van der Waals surface area contributed by atoms with Gasteiger partial charge in [0.25, 0.3) is 5.91 Å². The van der Waals surface area contributed by atoms with Crippen molar-refractivity contribution in [2.45, 2.75) is 18.6 Å². The molecule has 1 N–H and O–H groups in total. The summed E-state index contributed by atoms with van der Waals surface area (Å²) < 4.78 is 7.07. The molecule has 2 fully saturated rings. The van der Waals surface area contributed by atoms with Gasteiger partial charge in [-0.3, -0.25) is 14.3 Å². The number of carbonyl (C=O) groups excluding carboxylic acids is 2. The summed E-state index contributed by atoms with van der Waals surface area (Å²) >= 11 is 0. The highest BCUT2D eigenvalue weighted by atomic mass is 16.5. The molecular formula is C12H16N4O3. The lowest BCUT2D eigenvalue weighted by molar-refractivity contribution is -0.139. The molecule has 0 radical (unpaired) electrons. The van der Waals surface area contributed by atoms with E-state index in [1.165, 1.54) is 0 Å². The smallest absolute Gasteiger partial charge is 0.257 e. The molecule has 102 valence electrons. The number of likely N-dealkylation sites (tertiary alicyclic amines) is 1. The van der Waals surface area contributed by atoms with Crippen LogP contribution < -0.4 is 5.32 Å². The van der Waals surface area contributed by atoms with Crippen molar-refractivity contribution in [1.29, 1.82) is 0 Å². The number of nitrogens with one attached hydrogen (secondary N) is 1. The minimum absolute atomic E-state index is 0.0237. The second-order valence-corrected chi connectivity index (χ2v) is 4.97. The Morgan fingerprint density at radius 2 is 2.42 bits per heavy atom. The maximum absolute atomic E-state index is 12.3. The molecule has 0 unspecified atom stereocenters. The van der Waals surface area contributed by atoms with Gasteiger partial charge in [0, 0.05) is 26.3 Å². The molecule has 2 aliphatic rings. The highest BCUT2D eigenvalue weighted by Gasteiger charge is 2.36. The molecule has 1 aromatic rings. The standard InChI is InChI=1S/C12H16N4O3/c1-15-5-8(4-13-15)12(18)16-3-2-10-9(6-16)14-11(17)7-19-10/h4-5,9-10H,2-3,6-7H2,1H3,(H,14,17)/t9-,10-/m0/s1. The SMILES string of the molecule is Cn1cc(C(=O)N2CC[C@@H]3OCC(=O)N[C@H]3C2)cn1. The number of hydrogen-bond acceptors (Lipinski definition) is 4. The number of ether oxygens (including phenoxy) is 1. The fourth-order valence-electron chi connectivity index (χ4n) is 2.60. The Bertz CT molecular complexity index is 513. The first kappa shape index (κ1) is 12.2. The first-order valence-electron chi connectivity index (χ1n) is 6.32. The summed E-state index contributed by atoms with van der Waals surface area (Å²) in [6.45, 7) is 1.26. The molecule has 1 aromatic heterocycles. The Labute approximate surface area is 110 Å². The van der Waals surface area contributed by atoms with E-state index in [1.807, 2.05) is 0 Å². The van der Waals surface area contributed by atoms with Crippen LogP contribution in [0.25, 0.3) is 0 Å². The van der Waals surface area contributed by atoms with Crippen molar-refractivity contribution < 1.29 is 14.3 Å². The van der Waals surface area contributed by atoms with Crippen molar-refractivity contribution in [2.75, 3.05) is 19.7 Å². The summed E-state index contributed by atoms with van der Waals surface area (Å²) in [6.07, 6.45) is 4.03. The number of morpholine rings is 1. The van der Waals surface area contributed by atoms with Crippen LogP contribution in [0.5, 0.6) is 0 Å². The van der Waals surface area contributed by atoms with Gasteiger partial charge in [0.05, 0.1) is 23.9 Å². The first-order valence-corrected chi connectivity index (χ1v) is 6.32. The summed E-state index contributed by atoms with van der Waals surface area (Å²) in [5, 5.41) is 6.88. The van der Waals surface area contributed by atoms with Crippen LogP contribution in [-0.2, 0) is 16.6 Å². The van der Waals surface area contributed by atoms with Gasteiger partial charge in [-0.15, -0.1) is 0 Å². The first-order chi connectivity index (χ1) is 9.13. The maximum atomic E-state index is 12.3. The van der Waals surface area contributed by atoms with E-state index < -0.39 is 0 Å². The highest BCUT2D eigenvalue weighted by molar-refractivity contribution is 5.94. The van der Waals surface area contributed by atoms with E-state index in [1.54, 1.807) is 29.0 Å². The van der Waals surface area contributed by atoms with Gasteiger partial charge in [0.2, 0.25) is 5.91 Å². The van der Waals surface area contributed by atoms with Crippen LogP contribution in [0.4, 0.5) is 0 Å². The summed E-state index contributed by atoms with van der Waals surface area (Å²) in [5.74, 6) is -0.164. The minimum atomic E-state index is -0.114. The van der Waals surface area contributed by atoms with Gasteiger partial charge in [-0.25, -0.2) is 0 Å². The lowest BCUT2D eigenvalue weighted by Crippen LogP contribution is -2.61. The number of fused-ring (bicyclic) bond motifs is 1. The third-order valence-corrected chi connectivity index (χ3v) is 3.56. The summed E-state index contributed by atoms with van der Waals surface area (Å²) in [7, 11) is 1.78. The Kier molecular flexibility index (Phi) is 2.98. The molecule has 7 nitrogen and oxygen atoms in total. The van der Waals surface area contributed by atoms with Gasteiger partial charge in [-0.2, -0.15) is 5.10 Å². The van der Waals surface area contributed by atoms with E-state index >= 15 is 0 Å². The van der Waals surface area contributed by atoms with E-state index in [9.17, 15) is 9.59 Å². The Morgan fingerprint density at radius 1 is 1.58 bits per heavy atom. The van der Waals surface area contributed by atoms with Gasteiger partial charge < -0.3 is 15.0 Å². The number of rotatable bonds is 1. The van der Waals surface area contributed by atoms with E-state index in [4.69, 9.17) is 4.74 Å². The number of hydrogen-bond donors (Lipinski definition) is 1. The normalized spacial score (nSPS) is 26.8. The van der Waals surface area contributed by atoms with E-state index in [0.29, 0.717) is 18.7 Å². The van der Waals surface area contributed by atoms with E-state index in [-0.39, 0.29) is 30.6 Å². The van der Waals surface area contributed by atoms with Crippen molar-refractivity contribution in [3.05, 3.63) is 18.0 Å². The van der Waals surface area contributed by atoms with E-state index in [0.717, 1.165) is 6.42 Å². The zero-order valence-corrected chi connectivity index (χ0v) is 10.7. The highest BCUT2D eigenvalue weighted by Crippen LogP contribution is 2.19. The van der Waals surface area contributed by atoms with Crippen molar-refractivity contribution in [3.63, 3.8) is 0 Å². The van der Waals surface area contributed by atoms with Crippen LogP contribution in [0.3, 0.4) is 0 Å². The topological polar surface area (TPSA) is 76.5 Å². The maximum Gasteiger partial charge on any atom is 0.257 e. The molecule has 0 saturated carbocycles. The molecule has 3 heterocycles. The van der Waals surface area contributed by atoms with Crippen LogP contribution in [0, 0.1) is 0 Å². The lowest BCUT2D eigenvalue weighted by atomic mass is 10.00. The zero-order valence-electron chi connectivity index (χ0n) is 10.7. The lowest BCUT2D eigenvalue weighted by Gasteiger charge is -2.40. The van der Waals surface area contributed by atoms with Gasteiger partial charge in [0.1, 0.15) is 6.61 Å². The molecule has 0 aromatic carbocycles. The largest absolute Gasteiger partial charge is 0.366 e. The predicted molar refractivity (Wildman–Crippen MR) is 65.4 cm³/mol. The fraction of sp³-hybridized carbons (Fsp3) is 0.583. The van der Waals surface area contributed by atoms with Crippen LogP contribution in [-0.4, -0.2) is 58.3 Å². The third-order valence-electron chi connectivity index (χ3n) is 3.56. The number of aryl methyl sites for hydroxylation is 1. The number of nitrogens with zero attached hydrogens (tertiary/aromatic N) is 3. The molecule has 0 aliphatic carbocycles. The Morgan fingerprint density at radius 3 is 3.16 bits per heavy atom. The molecule has 2 saturated heterocycles. The van der Waals surface area contributed by atoms with Crippen LogP contribution in [0.15, 0.2) is 12.4 Å². The van der Waals surface area contributed by atoms with Crippen LogP contribution in [0.2, 0.25) is 0 Å². The second-order valence-electron chi connectivity index (χ2n) is 4.97. The third kappa shape index (κ3) is 2.33. The molecule has 0 spiro atoms. The number of aromatic nitrogens is 2. The monoisotopic (exact) mass is 264 g/mol. The van der Waals surface area contributed by atoms with Crippen LogP contribution >= 0.6 is 0 Å². The van der Waals surface area contributed by atoms with Gasteiger partial charge in [0.15, 0.2) is 0 Å². The van der Waals surface area contributed by atoms with Crippen molar-refractivity contribution in [3.8, 4) is 0 Å². The zero-order chi connectivity index (χ0) is 13.4.